The quantitative estimate of drug-likeness (QED) is 0.732. The van der Waals surface area contributed by atoms with Crippen molar-refractivity contribution in [3.63, 3.8) is 0 Å². The molecule has 1 unspecified atom stereocenters. The lowest BCUT2D eigenvalue weighted by atomic mass is 10.3. The Hall–Kier alpha value is -0.900. The van der Waals surface area contributed by atoms with E-state index in [0.29, 0.717) is 11.3 Å². The van der Waals surface area contributed by atoms with Crippen molar-refractivity contribution < 1.29 is 4.42 Å². The zero-order chi connectivity index (χ0) is 9.97. The smallest absolute Gasteiger partial charge is 0.181 e. The summed E-state index contributed by atoms with van der Waals surface area (Å²) in [6.45, 7) is 0. The average Bonchev–Trinajstić information content (AvgIpc) is 2.79. The van der Waals surface area contributed by atoms with Gasteiger partial charge in [-0.15, -0.1) is 11.8 Å². The first kappa shape index (κ1) is 9.65. The third-order valence-corrected chi connectivity index (χ3v) is 4.36. The van der Waals surface area contributed by atoms with Gasteiger partial charge in [0, 0.05) is 5.75 Å². The molecule has 4 nitrogen and oxygen atoms in total. The largest absolute Gasteiger partial charge is 0.443 e. The van der Waals surface area contributed by atoms with Gasteiger partial charge in [0.05, 0.1) is 15.8 Å². The highest BCUT2D eigenvalue weighted by molar-refractivity contribution is 8.25. The Bertz CT molecular complexity index is 393. The second-order valence-corrected chi connectivity index (χ2v) is 5.15. The Morgan fingerprint density at radius 3 is 3.14 bits per heavy atom. The fourth-order valence-electron chi connectivity index (χ4n) is 1.04. The Labute approximate surface area is 89.6 Å². The van der Waals surface area contributed by atoms with Crippen molar-refractivity contribution >= 4 is 29.1 Å². The number of nitrogens with two attached hydrogens (primary N) is 1. The molecule has 1 aliphatic heterocycles. The van der Waals surface area contributed by atoms with Crippen molar-refractivity contribution in [1.82, 2.24) is 4.98 Å². The Kier molecular flexibility index (Phi) is 2.82. The van der Waals surface area contributed by atoms with Gasteiger partial charge in [-0.25, -0.2) is 4.98 Å². The number of hydrogen-bond acceptors (Lipinski definition) is 6. The van der Waals surface area contributed by atoms with Crippen LogP contribution in [-0.2, 0) is 0 Å². The number of nitriles is 1. The zero-order valence-electron chi connectivity index (χ0n) is 7.14. The maximum atomic E-state index is 8.98. The third-order valence-electron chi connectivity index (χ3n) is 1.63. The van der Waals surface area contributed by atoms with Gasteiger partial charge >= 0.3 is 0 Å². The van der Waals surface area contributed by atoms with Gasteiger partial charge in [0.15, 0.2) is 12.2 Å². The molecule has 2 heterocycles. The molecule has 0 bridgehead atoms. The molecule has 1 fully saturated rings. The number of rotatable bonds is 1. The Morgan fingerprint density at radius 1 is 1.79 bits per heavy atom. The van der Waals surface area contributed by atoms with Crippen LogP contribution in [0.25, 0.3) is 5.57 Å². The summed E-state index contributed by atoms with van der Waals surface area (Å²) in [5.74, 6) is 1.34. The highest BCUT2D eigenvalue weighted by Crippen LogP contribution is 2.43. The second-order valence-electron chi connectivity index (χ2n) is 2.61. The molecule has 0 saturated carbocycles. The minimum atomic E-state index is 0.0706. The van der Waals surface area contributed by atoms with Crippen LogP contribution in [0.4, 0.5) is 0 Å². The predicted molar refractivity (Wildman–Crippen MR) is 57.1 cm³/mol. The van der Waals surface area contributed by atoms with E-state index in [9.17, 15) is 0 Å². The van der Waals surface area contributed by atoms with Gasteiger partial charge in [-0.3, -0.25) is 0 Å². The number of nitrogens with zero attached hydrogens (tertiary/aromatic N) is 2. The van der Waals surface area contributed by atoms with Crippen molar-refractivity contribution in [3.05, 3.63) is 22.6 Å². The van der Waals surface area contributed by atoms with Gasteiger partial charge < -0.3 is 10.2 Å². The van der Waals surface area contributed by atoms with E-state index < -0.39 is 0 Å². The molecule has 1 atom stereocenters. The Balaban J connectivity index is 2.35. The molecular formula is C8H7N3OS2. The summed E-state index contributed by atoms with van der Waals surface area (Å²) in [4.78, 5) is 3.78. The van der Waals surface area contributed by atoms with Crippen LogP contribution in [0.3, 0.4) is 0 Å². The summed E-state index contributed by atoms with van der Waals surface area (Å²) >= 11 is 3.10. The van der Waals surface area contributed by atoms with E-state index in [4.69, 9.17) is 15.4 Å². The zero-order valence-corrected chi connectivity index (χ0v) is 8.77. The van der Waals surface area contributed by atoms with Crippen LogP contribution in [0.1, 0.15) is 5.76 Å². The highest BCUT2D eigenvalue weighted by atomic mass is 32.2. The van der Waals surface area contributed by atoms with Crippen molar-refractivity contribution in [3.8, 4) is 6.07 Å². The molecule has 72 valence electrons. The molecule has 1 aromatic rings. The van der Waals surface area contributed by atoms with Crippen LogP contribution >= 0.6 is 23.5 Å². The number of allylic oxidation sites excluding steroid dienone is 1. The lowest BCUT2D eigenvalue weighted by Crippen LogP contribution is -2.12. The van der Waals surface area contributed by atoms with Crippen molar-refractivity contribution in [2.24, 2.45) is 5.73 Å². The van der Waals surface area contributed by atoms with Crippen LogP contribution in [0, 0.1) is 11.3 Å². The molecule has 1 aromatic heterocycles. The van der Waals surface area contributed by atoms with Crippen molar-refractivity contribution in [1.29, 1.82) is 5.26 Å². The molecule has 6 heteroatoms. The van der Waals surface area contributed by atoms with Crippen molar-refractivity contribution in [2.75, 3.05) is 5.75 Å². The third kappa shape index (κ3) is 1.80. The number of aromatic nitrogens is 1. The molecule has 0 amide bonds. The van der Waals surface area contributed by atoms with E-state index in [0.717, 1.165) is 9.99 Å². The van der Waals surface area contributed by atoms with Crippen LogP contribution in [0.15, 0.2) is 21.2 Å². The fraction of sp³-hybridized carbons (Fsp3) is 0.250. The van der Waals surface area contributed by atoms with Crippen LogP contribution < -0.4 is 5.73 Å². The summed E-state index contributed by atoms with van der Waals surface area (Å²) in [5, 5.41) is 9.05. The second kappa shape index (κ2) is 4.09. The van der Waals surface area contributed by atoms with E-state index in [1.165, 1.54) is 24.4 Å². The summed E-state index contributed by atoms with van der Waals surface area (Å²) in [6, 6.07) is 2.12. The minimum absolute atomic E-state index is 0.0706. The highest BCUT2D eigenvalue weighted by Gasteiger charge is 2.22. The summed E-state index contributed by atoms with van der Waals surface area (Å²) < 4.78 is 6.00. The van der Waals surface area contributed by atoms with E-state index in [2.05, 4.69) is 11.1 Å². The lowest BCUT2D eigenvalue weighted by molar-refractivity contribution is 0.546. The van der Waals surface area contributed by atoms with Crippen LogP contribution in [-0.4, -0.2) is 16.1 Å². The van der Waals surface area contributed by atoms with Gasteiger partial charge in [-0.1, -0.05) is 11.8 Å². The predicted octanol–water partition coefficient (Wildman–Crippen LogP) is 1.63. The first-order valence-corrected chi connectivity index (χ1v) is 5.76. The first-order chi connectivity index (χ1) is 6.81. The molecule has 0 aliphatic carbocycles. The average molecular weight is 225 g/mol. The standard InChI is InChI=1S/C8H7N3OS2/c9-1-5(6-2-11-4-12-6)8-13-3-7(10)14-8/h2,4,7H,3,10H2. The molecule has 0 radical (unpaired) electrons. The first-order valence-electron chi connectivity index (χ1n) is 3.89. The molecule has 0 aromatic carbocycles. The van der Waals surface area contributed by atoms with Gasteiger partial charge in [0.1, 0.15) is 11.6 Å². The Morgan fingerprint density at radius 2 is 2.64 bits per heavy atom. The minimum Gasteiger partial charge on any atom is -0.443 e. The maximum Gasteiger partial charge on any atom is 0.181 e. The van der Waals surface area contributed by atoms with Gasteiger partial charge in [0.2, 0.25) is 0 Å². The summed E-state index contributed by atoms with van der Waals surface area (Å²) in [5.41, 5.74) is 6.26. The topological polar surface area (TPSA) is 75.8 Å². The van der Waals surface area contributed by atoms with Gasteiger partial charge in [0.25, 0.3) is 0 Å². The molecule has 1 aliphatic rings. The summed E-state index contributed by atoms with van der Waals surface area (Å²) in [6.07, 6.45) is 2.86. The SMILES string of the molecule is N#CC(=C1SCC(N)S1)c1cnco1. The van der Waals surface area contributed by atoms with Crippen LogP contribution in [0.5, 0.6) is 0 Å². The fourth-order valence-corrected chi connectivity index (χ4v) is 3.50. The van der Waals surface area contributed by atoms with Crippen LogP contribution in [0.2, 0.25) is 0 Å². The van der Waals surface area contributed by atoms with Gasteiger partial charge in [-0.2, -0.15) is 5.26 Å². The molecule has 14 heavy (non-hydrogen) atoms. The van der Waals surface area contributed by atoms with Gasteiger partial charge in [-0.05, 0) is 0 Å². The normalized spacial score (nSPS) is 24.7. The van der Waals surface area contributed by atoms with E-state index in [-0.39, 0.29) is 5.37 Å². The molecule has 2 N–H and O–H groups in total. The monoisotopic (exact) mass is 225 g/mol. The number of oxazole rings is 1. The van der Waals surface area contributed by atoms with E-state index in [1.54, 1.807) is 11.8 Å². The molecule has 2 rings (SSSR count). The van der Waals surface area contributed by atoms with E-state index >= 15 is 0 Å². The number of hydrogen-bond donors (Lipinski definition) is 1. The molecule has 1 saturated heterocycles. The maximum absolute atomic E-state index is 8.98. The molecule has 0 spiro atoms. The molecular weight excluding hydrogens is 218 g/mol. The van der Waals surface area contributed by atoms with Crippen molar-refractivity contribution in [2.45, 2.75) is 5.37 Å². The number of thioether (sulfide) groups is 2. The lowest BCUT2D eigenvalue weighted by Gasteiger charge is -1.97. The van der Waals surface area contributed by atoms with E-state index in [1.807, 2.05) is 0 Å². The summed E-state index contributed by atoms with van der Waals surface area (Å²) in [7, 11) is 0.